The Bertz CT molecular complexity index is 5810. The fourth-order valence-corrected chi connectivity index (χ4v) is 24.3. The molecule has 0 bridgehead atoms. The fourth-order valence-electron chi connectivity index (χ4n) is 18.0. The Morgan fingerprint density at radius 2 is 0.920 bits per heavy atom. The Morgan fingerprint density at radius 1 is 0.513 bits per heavy atom. The minimum atomic E-state index is -0.750. The van der Waals surface area contributed by atoms with Crippen molar-refractivity contribution in [1.82, 2.24) is 37.5 Å². The summed E-state index contributed by atoms with van der Waals surface area (Å²) in [5.74, 6) is 1.84. The average Bonchev–Trinajstić information content (AvgIpc) is 1.48. The minimum absolute atomic E-state index is 0. The van der Waals surface area contributed by atoms with Crippen molar-refractivity contribution in [3.63, 3.8) is 0 Å². The van der Waals surface area contributed by atoms with Crippen LogP contribution in [0.1, 0.15) is 149 Å². The van der Waals surface area contributed by atoms with Crippen LogP contribution in [0.15, 0.2) is 260 Å². The largest absolute Gasteiger partial charge is 1.00 e. The van der Waals surface area contributed by atoms with E-state index in [9.17, 15) is 5.11 Å². The maximum Gasteiger partial charge on any atom is 1.00 e. The van der Waals surface area contributed by atoms with Gasteiger partial charge in [-0.1, -0.05) is 239 Å². The average molecular weight is 1820 g/mol. The van der Waals surface area contributed by atoms with Crippen molar-refractivity contribution in [2.45, 2.75) is 160 Å². The van der Waals surface area contributed by atoms with E-state index in [-0.39, 0.29) is 55.3 Å². The molecular formula is C95H101BrCl2N8NaO3PPd2. The van der Waals surface area contributed by atoms with Crippen LogP contribution in [-0.4, -0.2) is 71.7 Å². The summed E-state index contributed by atoms with van der Waals surface area (Å²) < 4.78 is 24.9. The van der Waals surface area contributed by atoms with Crippen LogP contribution in [0.25, 0.3) is 105 Å². The summed E-state index contributed by atoms with van der Waals surface area (Å²) >= 11 is 8.04. The Hall–Kier alpha value is -6.75. The molecule has 1 N–H and O–H groups in total. The number of hydrogen-bond donors (Lipinski definition) is 1. The monoisotopic (exact) mass is 1820 g/mol. The zero-order valence-corrected chi connectivity index (χ0v) is 75.8. The summed E-state index contributed by atoms with van der Waals surface area (Å²) in [6, 6.07) is 82.5. The summed E-state index contributed by atoms with van der Waals surface area (Å²) in [5, 5.41) is 16.3. The van der Waals surface area contributed by atoms with E-state index < -0.39 is 5.60 Å². The van der Waals surface area contributed by atoms with E-state index in [0.717, 1.165) is 99.2 Å². The van der Waals surface area contributed by atoms with Gasteiger partial charge in [0.15, 0.2) is 0 Å². The standard InChI is InChI=1S/C30H24N4O.C25H33P.C17H16BrNO.C13H9N3.C4H9O.2C3H5.2ClH.Na.2Pd/c1-3-11-24-21(9-1)22-17-16-20(19-28(22)33(24)29-15-7-8-18-35-29)32-26-13-5-6-14-27(26)34-25-12-4-2-10-23(25)31-30(32)34;1-22(2,3)26(23(4,5)6)24(7)17-25(24)20-14-10-8-12-18(20)16-19-13-9-11-15-21(19)25;18-12-8-9-14-13-5-1-2-6-15(13)19(16(14)11-12)17-7-3-4-10-20-17;1-3-7-11-9(5-1)14-13-15-10-6-2-4-8-12(10)16(11)13;1-4(2,3)5;2*1-3-2;;;;;/h1-6,9-14,16-17,19,29H,7-8,15,18H2;8-15H,16-17H2,1-7H3;1-2,5-6,8-9,11,17H,3-4,7,10H2;1-8H,(H,14,15);1-3H3;2*3H,1-2H2;2*1H;;;/q;;;;3*-1;;;+1;2*+2/p-2. The Morgan fingerprint density at radius 3 is 1.42 bits per heavy atom. The number of H-pyrrole nitrogens is 1. The molecule has 586 valence electrons. The normalized spacial score (nSPS) is 16.7. The van der Waals surface area contributed by atoms with E-state index in [1.807, 2.05) is 30.3 Å². The third-order valence-electron chi connectivity index (χ3n) is 21.1. The van der Waals surface area contributed by atoms with E-state index in [4.69, 9.17) is 14.5 Å². The molecule has 18 heteroatoms. The van der Waals surface area contributed by atoms with E-state index in [2.05, 4.69) is 379 Å². The molecule has 1 saturated carbocycles. The van der Waals surface area contributed by atoms with Crippen LogP contribution in [0.2, 0.25) is 0 Å². The van der Waals surface area contributed by atoms with Gasteiger partial charge in [0.2, 0.25) is 11.6 Å². The molecule has 2 aliphatic heterocycles. The van der Waals surface area contributed by atoms with Crippen molar-refractivity contribution >= 4 is 142 Å². The molecule has 8 heterocycles. The zero-order chi connectivity index (χ0) is 79.9. The molecule has 2 saturated heterocycles. The van der Waals surface area contributed by atoms with Crippen LogP contribution in [-0.2, 0) is 57.7 Å². The topological polar surface area (TPSA) is 107 Å². The molecule has 1 spiro atoms. The second-order valence-electron chi connectivity index (χ2n) is 32.0. The van der Waals surface area contributed by atoms with Crippen molar-refractivity contribution in [3.05, 3.63) is 296 Å². The van der Waals surface area contributed by atoms with Crippen LogP contribution >= 0.6 is 42.9 Å². The molecule has 4 aliphatic rings. The van der Waals surface area contributed by atoms with E-state index in [1.54, 1.807) is 43.0 Å². The van der Waals surface area contributed by atoms with Crippen molar-refractivity contribution in [2.75, 3.05) is 13.2 Å². The molecule has 16 aromatic rings. The smallest absolute Gasteiger partial charge is 0.358 e. The van der Waals surface area contributed by atoms with Crippen LogP contribution < -0.4 is 34.7 Å². The molecule has 6 aromatic heterocycles. The molecule has 0 radical (unpaired) electrons. The van der Waals surface area contributed by atoms with Gasteiger partial charge in [-0.05, 0) is 169 Å². The molecule has 3 unspecified atom stereocenters. The van der Waals surface area contributed by atoms with Crippen LogP contribution in [0.4, 0.5) is 0 Å². The summed E-state index contributed by atoms with van der Waals surface area (Å²) in [6.45, 7) is 37.0. The van der Waals surface area contributed by atoms with Gasteiger partial charge in [0.1, 0.15) is 12.5 Å². The summed E-state index contributed by atoms with van der Waals surface area (Å²) in [5.41, 5.74) is 20.8. The second-order valence-corrected chi connectivity index (χ2v) is 37.2. The van der Waals surface area contributed by atoms with E-state index >= 15 is 0 Å². The number of halogens is 3. The summed E-state index contributed by atoms with van der Waals surface area (Å²) in [4.78, 5) is 12.9. The van der Waals surface area contributed by atoms with E-state index in [0.29, 0.717) is 15.5 Å². The molecule has 0 amide bonds. The first-order valence-electron chi connectivity index (χ1n) is 38.4. The van der Waals surface area contributed by atoms with Gasteiger partial charge >= 0.3 is 85.0 Å². The molecule has 11 nitrogen and oxygen atoms in total. The van der Waals surface area contributed by atoms with Gasteiger partial charge in [0, 0.05) is 49.8 Å². The number of fused-ring (bicyclic) bond motifs is 20. The maximum atomic E-state index is 10.1. The molecule has 3 atom stereocenters. The predicted molar refractivity (Wildman–Crippen MR) is 470 cm³/mol. The molecule has 20 rings (SSSR count). The fraction of sp³-hybridized carbons (Fsp3) is 0.284. The number of ether oxygens (including phenoxy) is 2. The number of imidazole rings is 4. The summed E-state index contributed by atoms with van der Waals surface area (Å²) in [6.07, 6.45) is 12.5. The van der Waals surface area contributed by atoms with Crippen molar-refractivity contribution in [3.8, 4) is 5.69 Å². The van der Waals surface area contributed by atoms with Crippen LogP contribution in [0.5, 0.6) is 0 Å². The number of rotatable bonds is 4. The number of hydrogen-bond acceptors (Lipinski definition) is 5. The van der Waals surface area contributed by atoms with Gasteiger partial charge in [0.25, 0.3) is 0 Å². The third kappa shape index (κ3) is 17.9. The number of aromatic nitrogens is 8. The number of aromatic amines is 1. The number of para-hydroxylation sites is 10. The van der Waals surface area contributed by atoms with Gasteiger partial charge in [0.05, 0.1) is 71.9 Å². The quantitative estimate of drug-likeness (QED) is 0.107. The van der Waals surface area contributed by atoms with Gasteiger partial charge < -0.3 is 28.7 Å². The van der Waals surface area contributed by atoms with Crippen molar-refractivity contribution in [1.29, 1.82) is 0 Å². The van der Waals surface area contributed by atoms with Gasteiger partial charge in [-0.25, -0.2) is 49.1 Å². The van der Waals surface area contributed by atoms with E-state index in [1.165, 1.54) is 87.0 Å². The molecule has 113 heavy (non-hydrogen) atoms. The van der Waals surface area contributed by atoms with Crippen molar-refractivity contribution in [2.24, 2.45) is 0 Å². The maximum absolute atomic E-state index is 10.1. The van der Waals surface area contributed by atoms with Gasteiger partial charge in [-0.3, -0.25) is 13.4 Å². The minimum Gasteiger partial charge on any atom is -0.358 e. The first kappa shape index (κ1) is 87.1. The van der Waals surface area contributed by atoms with Crippen molar-refractivity contribution < 1.29 is 80.5 Å². The Balaban J connectivity index is 0.000000144. The first-order valence-corrected chi connectivity index (χ1v) is 44.5. The second kappa shape index (κ2) is 37.7. The Labute approximate surface area is 727 Å². The van der Waals surface area contributed by atoms with Crippen LogP contribution in [0, 0.1) is 13.8 Å². The first-order chi connectivity index (χ1) is 54.0. The molecule has 2 aliphatic carbocycles. The predicted octanol–water partition coefficient (Wildman–Crippen LogP) is 23.1. The summed E-state index contributed by atoms with van der Waals surface area (Å²) in [7, 11) is 8.78. The van der Waals surface area contributed by atoms with Gasteiger partial charge in [-0.2, -0.15) is 0 Å². The SMILES string of the molecule is Brc1ccc2c3ccccc3n(C3CCCCO3)c2c1.C=C[CH2-].C=C[CH2-].CC(C)(C)P(C(C)(C)C)C1(C)CC12c1ccccc1Cc1ccccc12.CC(C)(C)[O-].[Cl][Pd+].[Cl][Pd+].[Na+].c1ccc2c(c1)nc1[nH]c3ccccc3n12.c1ccc2c(c1)nc1n(-c3ccc4c5ccccc5n(C5CCCCO5)c4c3)c3ccccc3n21. The number of allylic oxidation sites excluding steroid dienone is 2. The molecule has 3 fully saturated rings. The number of nitrogens with zero attached hydrogens (tertiary/aromatic N) is 7. The number of benzene rings is 10. The third-order valence-corrected chi connectivity index (χ3v) is 25.8. The number of nitrogens with one attached hydrogen (secondary N) is 1. The zero-order valence-electron chi connectivity index (χ0n) is 66.7. The van der Waals surface area contributed by atoms with Crippen LogP contribution in [0.3, 0.4) is 0 Å². The van der Waals surface area contributed by atoms with Gasteiger partial charge in [-0.15, -0.1) is 5.60 Å². The molecular weight excluding hydrogens is 1720 g/mol. The molecule has 10 aromatic carbocycles. The Kier molecular flexibility index (Phi) is 29.0.